The Kier molecular flexibility index (Phi) is 5.36. The van der Waals surface area contributed by atoms with Crippen LogP contribution in [0.2, 0.25) is 0 Å². The summed E-state index contributed by atoms with van der Waals surface area (Å²) >= 11 is 10.2. The number of para-hydroxylation sites is 1. The average Bonchev–Trinajstić information content (AvgIpc) is 2.81. The maximum atomic E-state index is 5.62. The SMILES string of the molecule is NC(=S)CCN(Cc1cc(Br)cs1)c1ccccc1. The molecule has 0 atom stereocenters. The number of thiocarbonyl (C=S) groups is 1. The van der Waals surface area contributed by atoms with E-state index in [-0.39, 0.29) is 0 Å². The van der Waals surface area contributed by atoms with Gasteiger partial charge in [-0.15, -0.1) is 11.3 Å². The number of anilines is 1. The zero-order chi connectivity index (χ0) is 13.7. The molecule has 0 fully saturated rings. The van der Waals surface area contributed by atoms with Crippen molar-refractivity contribution in [1.82, 2.24) is 0 Å². The minimum absolute atomic E-state index is 0.563. The topological polar surface area (TPSA) is 29.3 Å². The van der Waals surface area contributed by atoms with Crippen LogP contribution < -0.4 is 10.6 Å². The molecule has 0 radical (unpaired) electrons. The largest absolute Gasteiger partial charge is 0.393 e. The lowest BCUT2D eigenvalue weighted by Gasteiger charge is -2.24. The molecular formula is C14H15BrN2S2. The van der Waals surface area contributed by atoms with E-state index in [0.717, 1.165) is 24.0 Å². The van der Waals surface area contributed by atoms with E-state index in [4.69, 9.17) is 18.0 Å². The summed E-state index contributed by atoms with van der Waals surface area (Å²) in [6, 6.07) is 12.5. The summed E-state index contributed by atoms with van der Waals surface area (Å²) in [5.41, 5.74) is 6.81. The van der Waals surface area contributed by atoms with Crippen molar-refractivity contribution >= 4 is 50.2 Å². The second-order valence-electron chi connectivity index (χ2n) is 4.20. The van der Waals surface area contributed by atoms with E-state index in [0.29, 0.717) is 4.99 Å². The molecule has 0 unspecified atom stereocenters. The first-order chi connectivity index (χ1) is 9.15. The highest BCUT2D eigenvalue weighted by molar-refractivity contribution is 9.10. The molecule has 0 spiro atoms. The summed E-state index contributed by atoms with van der Waals surface area (Å²) in [6.45, 7) is 1.72. The number of benzene rings is 1. The number of hydrogen-bond donors (Lipinski definition) is 1. The monoisotopic (exact) mass is 354 g/mol. The summed E-state index contributed by atoms with van der Waals surface area (Å²) < 4.78 is 1.13. The Hall–Kier alpha value is -0.910. The summed E-state index contributed by atoms with van der Waals surface area (Å²) in [7, 11) is 0. The zero-order valence-corrected chi connectivity index (χ0v) is 13.6. The smallest absolute Gasteiger partial charge is 0.0745 e. The number of hydrogen-bond acceptors (Lipinski definition) is 3. The van der Waals surface area contributed by atoms with Gasteiger partial charge >= 0.3 is 0 Å². The first-order valence-electron chi connectivity index (χ1n) is 5.96. The first-order valence-corrected chi connectivity index (χ1v) is 8.04. The Morgan fingerprint density at radius 1 is 1.32 bits per heavy atom. The van der Waals surface area contributed by atoms with Crippen LogP contribution in [0.1, 0.15) is 11.3 Å². The Morgan fingerprint density at radius 3 is 2.63 bits per heavy atom. The van der Waals surface area contributed by atoms with Gasteiger partial charge in [-0.3, -0.25) is 0 Å². The van der Waals surface area contributed by atoms with Gasteiger partial charge in [-0.05, 0) is 34.1 Å². The molecule has 1 heterocycles. The fourth-order valence-corrected chi connectivity index (χ4v) is 3.37. The quantitative estimate of drug-likeness (QED) is 0.788. The van der Waals surface area contributed by atoms with Crippen molar-refractivity contribution in [3.8, 4) is 0 Å². The van der Waals surface area contributed by atoms with Crippen molar-refractivity contribution in [2.45, 2.75) is 13.0 Å². The van der Waals surface area contributed by atoms with Crippen molar-refractivity contribution in [2.24, 2.45) is 5.73 Å². The predicted molar refractivity (Wildman–Crippen MR) is 90.9 cm³/mol. The van der Waals surface area contributed by atoms with Gasteiger partial charge in [0.15, 0.2) is 0 Å². The second-order valence-corrected chi connectivity index (χ2v) is 6.64. The number of thiophene rings is 1. The highest BCUT2D eigenvalue weighted by Crippen LogP contribution is 2.24. The minimum atomic E-state index is 0.563. The van der Waals surface area contributed by atoms with Crippen LogP contribution in [-0.2, 0) is 6.54 Å². The Labute approximate surface area is 131 Å². The molecule has 0 saturated carbocycles. The maximum absolute atomic E-state index is 5.62. The molecule has 2 nitrogen and oxygen atoms in total. The normalized spacial score (nSPS) is 10.4. The van der Waals surface area contributed by atoms with Crippen LogP contribution in [0.25, 0.3) is 0 Å². The molecule has 2 rings (SSSR count). The molecule has 2 aromatic rings. The molecule has 1 aromatic carbocycles. The van der Waals surface area contributed by atoms with Crippen molar-refractivity contribution in [3.63, 3.8) is 0 Å². The molecule has 0 amide bonds. The molecule has 100 valence electrons. The van der Waals surface area contributed by atoms with Gasteiger partial charge in [-0.2, -0.15) is 0 Å². The van der Waals surface area contributed by atoms with Crippen LogP contribution >= 0.6 is 39.5 Å². The van der Waals surface area contributed by atoms with Crippen LogP contribution in [0.5, 0.6) is 0 Å². The molecule has 2 N–H and O–H groups in total. The van der Waals surface area contributed by atoms with E-state index < -0.39 is 0 Å². The van der Waals surface area contributed by atoms with Gasteiger partial charge in [0, 0.05) is 33.4 Å². The Balaban J connectivity index is 2.12. The van der Waals surface area contributed by atoms with Crippen LogP contribution in [0.3, 0.4) is 0 Å². The van der Waals surface area contributed by atoms with Crippen LogP contribution in [0, 0.1) is 0 Å². The highest BCUT2D eigenvalue weighted by atomic mass is 79.9. The predicted octanol–water partition coefficient (Wildman–Crippen LogP) is 4.19. The van der Waals surface area contributed by atoms with E-state index in [1.165, 1.54) is 10.6 Å². The fraction of sp³-hybridized carbons (Fsp3) is 0.214. The third-order valence-electron chi connectivity index (χ3n) is 2.72. The summed E-state index contributed by atoms with van der Waals surface area (Å²) in [5.74, 6) is 0. The van der Waals surface area contributed by atoms with Gasteiger partial charge in [0.1, 0.15) is 0 Å². The van der Waals surface area contributed by atoms with Crippen molar-refractivity contribution < 1.29 is 0 Å². The van der Waals surface area contributed by atoms with Crippen LogP contribution in [-0.4, -0.2) is 11.5 Å². The summed E-state index contributed by atoms with van der Waals surface area (Å²) in [4.78, 5) is 4.18. The van der Waals surface area contributed by atoms with Gasteiger partial charge in [0.05, 0.1) is 11.5 Å². The van der Waals surface area contributed by atoms with Gasteiger partial charge in [-0.1, -0.05) is 30.4 Å². The van der Waals surface area contributed by atoms with Crippen molar-refractivity contribution in [3.05, 3.63) is 51.1 Å². The third-order valence-corrected chi connectivity index (χ3v) is 4.60. The molecular weight excluding hydrogens is 340 g/mol. The standard InChI is InChI=1S/C14H15BrN2S2/c15-11-8-13(19-10-11)9-17(7-6-14(16)18)12-4-2-1-3-5-12/h1-5,8,10H,6-7,9H2,(H2,16,18). The summed E-state index contributed by atoms with van der Waals surface area (Å²) in [6.07, 6.45) is 0.733. The lowest BCUT2D eigenvalue weighted by molar-refractivity contribution is 0.815. The number of nitrogens with zero attached hydrogens (tertiary/aromatic N) is 1. The van der Waals surface area contributed by atoms with Crippen molar-refractivity contribution in [1.29, 1.82) is 0 Å². The van der Waals surface area contributed by atoms with Gasteiger partial charge < -0.3 is 10.6 Å². The number of halogens is 1. The molecule has 0 aliphatic carbocycles. The Bertz CT molecular complexity index is 539. The molecule has 1 aromatic heterocycles. The van der Waals surface area contributed by atoms with Crippen molar-refractivity contribution in [2.75, 3.05) is 11.4 Å². The van der Waals surface area contributed by atoms with E-state index in [9.17, 15) is 0 Å². The minimum Gasteiger partial charge on any atom is -0.393 e. The van der Waals surface area contributed by atoms with E-state index in [1.54, 1.807) is 11.3 Å². The van der Waals surface area contributed by atoms with Crippen LogP contribution in [0.15, 0.2) is 46.3 Å². The maximum Gasteiger partial charge on any atom is 0.0745 e. The molecule has 0 aliphatic heterocycles. The highest BCUT2D eigenvalue weighted by Gasteiger charge is 2.09. The second kappa shape index (κ2) is 7.03. The molecule has 0 bridgehead atoms. The van der Waals surface area contributed by atoms with Gasteiger partial charge in [-0.25, -0.2) is 0 Å². The molecule has 0 saturated heterocycles. The number of rotatable bonds is 6. The molecule has 0 aliphatic rings. The van der Waals surface area contributed by atoms with E-state index in [2.05, 4.69) is 44.4 Å². The Morgan fingerprint density at radius 2 is 2.05 bits per heavy atom. The van der Waals surface area contributed by atoms with Crippen LogP contribution in [0.4, 0.5) is 5.69 Å². The zero-order valence-electron chi connectivity index (χ0n) is 10.4. The third kappa shape index (κ3) is 4.60. The number of nitrogens with two attached hydrogens (primary N) is 1. The lowest BCUT2D eigenvalue weighted by Crippen LogP contribution is -2.26. The molecule has 19 heavy (non-hydrogen) atoms. The average molecular weight is 355 g/mol. The van der Waals surface area contributed by atoms with Gasteiger partial charge in [0.2, 0.25) is 0 Å². The fourth-order valence-electron chi connectivity index (χ4n) is 1.81. The van der Waals surface area contributed by atoms with E-state index in [1.807, 2.05) is 18.2 Å². The lowest BCUT2D eigenvalue weighted by atomic mass is 10.2. The summed E-state index contributed by atoms with van der Waals surface area (Å²) in [5, 5.41) is 2.10. The first kappa shape index (κ1) is 14.5. The van der Waals surface area contributed by atoms with E-state index >= 15 is 0 Å². The molecule has 5 heteroatoms. The van der Waals surface area contributed by atoms with Gasteiger partial charge in [0.25, 0.3) is 0 Å².